The lowest BCUT2D eigenvalue weighted by Crippen LogP contribution is -2.36. The van der Waals surface area contributed by atoms with Gasteiger partial charge in [-0.15, -0.1) is 0 Å². The van der Waals surface area contributed by atoms with E-state index in [1.165, 1.54) is 0 Å². The van der Waals surface area contributed by atoms with Crippen LogP contribution >= 0.6 is 0 Å². The topological polar surface area (TPSA) is 55.8 Å². The molecule has 0 atom stereocenters. The third-order valence-electron chi connectivity index (χ3n) is 4.15. The van der Waals surface area contributed by atoms with Crippen LogP contribution in [0.5, 0.6) is 5.75 Å². The molecular weight excluding hydrogens is 342 g/mol. The highest BCUT2D eigenvalue weighted by atomic mass is 16.5. The maximum absolute atomic E-state index is 12.7. The van der Waals surface area contributed by atoms with Gasteiger partial charge in [-0.1, -0.05) is 42.5 Å². The first-order valence-electron chi connectivity index (χ1n) is 9.17. The van der Waals surface area contributed by atoms with E-state index < -0.39 is 0 Å². The van der Waals surface area contributed by atoms with Gasteiger partial charge in [0.2, 0.25) is 0 Å². The Morgan fingerprint density at radius 2 is 1.78 bits per heavy atom. The van der Waals surface area contributed by atoms with Gasteiger partial charge < -0.3 is 14.4 Å². The Labute approximate surface area is 160 Å². The van der Waals surface area contributed by atoms with Crippen LogP contribution in [0.15, 0.2) is 48.5 Å². The predicted molar refractivity (Wildman–Crippen MR) is 105 cm³/mol. The average Bonchev–Trinajstić information content (AvgIpc) is 2.66. The molecule has 0 saturated heterocycles. The van der Waals surface area contributed by atoms with Crippen molar-refractivity contribution in [3.8, 4) is 5.75 Å². The number of hydrogen-bond donors (Lipinski definition) is 0. The zero-order valence-electron chi connectivity index (χ0n) is 16.2. The Morgan fingerprint density at radius 3 is 2.48 bits per heavy atom. The molecule has 0 unspecified atom stereocenters. The van der Waals surface area contributed by atoms with E-state index >= 15 is 0 Å². The number of carbonyl (C=O) groups is 2. The standard InChI is InChI=1S/C22H27NO4/c1-4-26-22(25)12-13-23(15-19-8-6-5-7-9-19)21(24)16-27-20-14-17(2)10-11-18(20)3/h5-11,14H,4,12-13,15-16H2,1-3H3. The quantitative estimate of drug-likeness (QED) is 0.633. The molecule has 144 valence electrons. The van der Waals surface area contributed by atoms with Crippen molar-refractivity contribution in [1.29, 1.82) is 0 Å². The van der Waals surface area contributed by atoms with Crippen molar-refractivity contribution in [1.82, 2.24) is 4.90 Å². The van der Waals surface area contributed by atoms with Crippen molar-refractivity contribution >= 4 is 11.9 Å². The van der Waals surface area contributed by atoms with E-state index in [2.05, 4.69) is 0 Å². The van der Waals surface area contributed by atoms with Crippen LogP contribution in [0.3, 0.4) is 0 Å². The van der Waals surface area contributed by atoms with Crippen molar-refractivity contribution in [3.05, 3.63) is 65.2 Å². The van der Waals surface area contributed by atoms with Crippen molar-refractivity contribution in [3.63, 3.8) is 0 Å². The molecule has 0 radical (unpaired) electrons. The van der Waals surface area contributed by atoms with Crippen molar-refractivity contribution in [2.45, 2.75) is 33.7 Å². The molecular formula is C22H27NO4. The van der Waals surface area contributed by atoms with Gasteiger partial charge in [0, 0.05) is 13.1 Å². The molecule has 2 aromatic carbocycles. The fraction of sp³-hybridized carbons (Fsp3) is 0.364. The van der Waals surface area contributed by atoms with Gasteiger partial charge in [0.25, 0.3) is 5.91 Å². The minimum Gasteiger partial charge on any atom is -0.483 e. The van der Waals surface area contributed by atoms with Gasteiger partial charge in [-0.2, -0.15) is 0 Å². The third kappa shape index (κ3) is 6.77. The van der Waals surface area contributed by atoms with Crippen LogP contribution in [0.2, 0.25) is 0 Å². The number of nitrogens with zero attached hydrogens (tertiary/aromatic N) is 1. The minimum absolute atomic E-state index is 0.0695. The SMILES string of the molecule is CCOC(=O)CCN(Cc1ccccc1)C(=O)COc1cc(C)ccc1C. The van der Waals surface area contributed by atoms with Gasteiger partial charge in [-0.05, 0) is 43.5 Å². The van der Waals surface area contributed by atoms with Crippen LogP contribution in [0, 0.1) is 13.8 Å². The maximum atomic E-state index is 12.7. The van der Waals surface area contributed by atoms with E-state index in [9.17, 15) is 9.59 Å². The number of aryl methyl sites for hydroxylation is 2. The van der Waals surface area contributed by atoms with Gasteiger partial charge in [0.05, 0.1) is 13.0 Å². The summed E-state index contributed by atoms with van der Waals surface area (Å²) in [6, 6.07) is 15.6. The molecule has 0 N–H and O–H groups in total. The summed E-state index contributed by atoms with van der Waals surface area (Å²) < 4.78 is 10.7. The third-order valence-corrected chi connectivity index (χ3v) is 4.15. The van der Waals surface area contributed by atoms with Gasteiger partial charge in [0.15, 0.2) is 6.61 Å². The molecule has 27 heavy (non-hydrogen) atoms. The number of hydrogen-bond acceptors (Lipinski definition) is 4. The number of amides is 1. The van der Waals surface area contributed by atoms with Gasteiger partial charge in [0.1, 0.15) is 5.75 Å². The smallest absolute Gasteiger partial charge is 0.307 e. The van der Waals surface area contributed by atoms with Crippen LogP contribution in [0.25, 0.3) is 0 Å². The van der Waals surface area contributed by atoms with Gasteiger partial charge in [-0.3, -0.25) is 9.59 Å². The largest absolute Gasteiger partial charge is 0.483 e. The molecule has 0 spiro atoms. The van der Waals surface area contributed by atoms with Gasteiger partial charge >= 0.3 is 5.97 Å². The zero-order valence-corrected chi connectivity index (χ0v) is 16.2. The molecule has 2 aromatic rings. The molecule has 2 rings (SSSR count). The van der Waals surface area contributed by atoms with Gasteiger partial charge in [-0.25, -0.2) is 0 Å². The molecule has 0 heterocycles. The molecule has 0 aliphatic heterocycles. The maximum Gasteiger partial charge on any atom is 0.307 e. The first-order chi connectivity index (χ1) is 13.0. The molecule has 1 amide bonds. The van der Waals surface area contributed by atoms with E-state index in [1.807, 2.05) is 62.4 Å². The van der Waals surface area contributed by atoms with E-state index in [4.69, 9.17) is 9.47 Å². The summed E-state index contributed by atoms with van der Waals surface area (Å²) in [6.45, 7) is 6.68. The second kappa shape index (κ2) is 10.4. The Bertz CT molecular complexity index is 758. The monoisotopic (exact) mass is 369 g/mol. The number of benzene rings is 2. The van der Waals surface area contributed by atoms with E-state index in [-0.39, 0.29) is 24.9 Å². The lowest BCUT2D eigenvalue weighted by molar-refractivity contribution is -0.144. The molecule has 0 aromatic heterocycles. The second-order valence-corrected chi connectivity index (χ2v) is 6.41. The predicted octanol–water partition coefficient (Wildman–Crippen LogP) is 3.66. The summed E-state index contributed by atoms with van der Waals surface area (Å²) >= 11 is 0. The molecule has 0 bridgehead atoms. The highest BCUT2D eigenvalue weighted by molar-refractivity contribution is 5.78. The molecule has 0 saturated carbocycles. The van der Waals surface area contributed by atoms with Crippen molar-refractivity contribution in [2.24, 2.45) is 0 Å². The van der Waals surface area contributed by atoms with E-state index in [0.29, 0.717) is 25.4 Å². The molecule has 0 fully saturated rings. The summed E-state index contributed by atoms with van der Waals surface area (Å²) in [5.74, 6) is 0.233. The van der Waals surface area contributed by atoms with E-state index in [0.717, 1.165) is 16.7 Å². The van der Waals surface area contributed by atoms with Crippen molar-refractivity contribution < 1.29 is 19.1 Å². The first-order valence-corrected chi connectivity index (χ1v) is 9.17. The first kappa shape index (κ1) is 20.5. The lowest BCUT2D eigenvalue weighted by atomic mass is 10.1. The molecule has 0 aliphatic carbocycles. The average molecular weight is 369 g/mol. The summed E-state index contributed by atoms with van der Waals surface area (Å²) in [4.78, 5) is 26.1. The zero-order chi connectivity index (χ0) is 19.6. The summed E-state index contributed by atoms with van der Waals surface area (Å²) in [6.07, 6.45) is 0.163. The Hall–Kier alpha value is -2.82. The molecule has 5 nitrogen and oxygen atoms in total. The van der Waals surface area contributed by atoms with Crippen molar-refractivity contribution in [2.75, 3.05) is 19.8 Å². The fourth-order valence-electron chi connectivity index (χ4n) is 2.65. The summed E-state index contributed by atoms with van der Waals surface area (Å²) in [5, 5.41) is 0. The van der Waals surface area contributed by atoms with Crippen LogP contribution in [-0.4, -0.2) is 36.5 Å². The fourth-order valence-corrected chi connectivity index (χ4v) is 2.65. The molecule has 0 aliphatic rings. The Kier molecular flexibility index (Phi) is 7.86. The highest BCUT2D eigenvalue weighted by Crippen LogP contribution is 2.19. The normalized spacial score (nSPS) is 10.3. The highest BCUT2D eigenvalue weighted by Gasteiger charge is 2.17. The number of ether oxygens (including phenoxy) is 2. The molecule has 5 heteroatoms. The Balaban J connectivity index is 2.02. The minimum atomic E-state index is -0.307. The number of esters is 1. The number of carbonyl (C=O) groups excluding carboxylic acids is 2. The van der Waals surface area contributed by atoms with E-state index in [1.54, 1.807) is 11.8 Å². The Morgan fingerprint density at radius 1 is 1.04 bits per heavy atom. The van der Waals surface area contributed by atoms with Crippen LogP contribution in [0.1, 0.15) is 30.0 Å². The summed E-state index contributed by atoms with van der Waals surface area (Å²) in [7, 11) is 0. The lowest BCUT2D eigenvalue weighted by Gasteiger charge is -2.23. The van der Waals surface area contributed by atoms with Crippen LogP contribution in [-0.2, 0) is 20.9 Å². The van der Waals surface area contributed by atoms with Crippen LogP contribution < -0.4 is 4.74 Å². The number of rotatable bonds is 9. The summed E-state index contributed by atoms with van der Waals surface area (Å²) in [5.41, 5.74) is 3.06. The van der Waals surface area contributed by atoms with Crippen LogP contribution in [0.4, 0.5) is 0 Å². The second-order valence-electron chi connectivity index (χ2n) is 6.41.